The minimum absolute atomic E-state index is 0.0468. The lowest BCUT2D eigenvalue weighted by atomic mass is 9.94. The van der Waals surface area contributed by atoms with E-state index in [1.807, 2.05) is 25.7 Å². The van der Waals surface area contributed by atoms with Gasteiger partial charge in [-0.25, -0.2) is 0 Å². The molecule has 0 bridgehead atoms. The lowest BCUT2D eigenvalue weighted by molar-refractivity contribution is -0.149. The van der Waals surface area contributed by atoms with Gasteiger partial charge in [0.15, 0.2) is 0 Å². The summed E-state index contributed by atoms with van der Waals surface area (Å²) in [5, 5.41) is 8.94. The number of hydrogen-bond donors (Lipinski definition) is 0. The van der Waals surface area contributed by atoms with E-state index in [9.17, 15) is 4.79 Å². The quantitative estimate of drug-likeness (QED) is 0.763. The molecular formula is C15H25N3O2. The van der Waals surface area contributed by atoms with Crippen molar-refractivity contribution in [3.63, 3.8) is 0 Å². The second kappa shape index (κ2) is 6.55. The standard InChI is InChI=1S/C15H25N3O2/c1-11(8-16)17-6-4-14(5-7-17)15(19)18-9-12(2)20-13(3)10-18/h11-14H,4-7,9-10H2,1-3H3/t11-,12-,13-/m1/s1. The molecule has 0 unspecified atom stereocenters. The number of nitriles is 1. The van der Waals surface area contributed by atoms with Gasteiger partial charge in [0, 0.05) is 32.1 Å². The van der Waals surface area contributed by atoms with Gasteiger partial charge in [0.25, 0.3) is 0 Å². The van der Waals surface area contributed by atoms with Crippen LogP contribution in [0.4, 0.5) is 0 Å². The highest BCUT2D eigenvalue weighted by Crippen LogP contribution is 2.23. The third-order valence-electron chi connectivity index (χ3n) is 4.34. The molecule has 1 amide bonds. The first-order valence-electron chi connectivity index (χ1n) is 7.59. The van der Waals surface area contributed by atoms with Crippen LogP contribution in [0, 0.1) is 17.2 Å². The van der Waals surface area contributed by atoms with Gasteiger partial charge in [-0.1, -0.05) is 0 Å². The van der Waals surface area contributed by atoms with Gasteiger partial charge < -0.3 is 9.64 Å². The molecule has 3 atom stereocenters. The predicted molar refractivity (Wildman–Crippen MR) is 76.0 cm³/mol. The molecule has 0 aromatic heterocycles. The van der Waals surface area contributed by atoms with E-state index >= 15 is 0 Å². The summed E-state index contributed by atoms with van der Waals surface area (Å²) in [4.78, 5) is 16.7. The van der Waals surface area contributed by atoms with E-state index in [-0.39, 0.29) is 30.1 Å². The third kappa shape index (κ3) is 3.50. The Kier molecular flexibility index (Phi) is 5.00. The zero-order valence-corrected chi connectivity index (χ0v) is 12.7. The first-order valence-corrected chi connectivity index (χ1v) is 7.59. The molecule has 2 aliphatic heterocycles. The van der Waals surface area contributed by atoms with Gasteiger partial charge in [-0.15, -0.1) is 0 Å². The summed E-state index contributed by atoms with van der Waals surface area (Å²) in [7, 11) is 0. The van der Waals surface area contributed by atoms with Crippen LogP contribution in [0.1, 0.15) is 33.6 Å². The van der Waals surface area contributed by atoms with Gasteiger partial charge in [-0.2, -0.15) is 5.26 Å². The number of amides is 1. The van der Waals surface area contributed by atoms with Crippen LogP contribution in [0.3, 0.4) is 0 Å². The van der Waals surface area contributed by atoms with Crippen LogP contribution in [0.25, 0.3) is 0 Å². The molecule has 112 valence electrons. The molecule has 0 radical (unpaired) electrons. The zero-order chi connectivity index (χ0) is 14.7. The molecule has 0 aromatic rings. The number of hydrogen-bond acceptors (Lipinski definition) is 4. The summed E-state index contributed by atoms with van der Waals surface area (Å²) >= 11 is 0. The van der Waals surface area contributed by atoms with Crippen molar-refractivity contribution in [2.75, 3.05) is 26.2 Å². The van der Waals surface area contributed by atoms with Gasteiger partial charge in [0.1, 0.15) is 0 Å². The maximum atomic E-state index is 12.6. The molecule has 2 heterocycles. The second-order valence-corrected chi connectivity index (χ2v) is 6.12. The normalized spacial score (nSPS) is 30.8. The molecule has 20 heavy (non-hydrogen) atoms. The third-order valence-corrected chi connectivity index (χ3v) is 4.34. The molecule has 2 fully saturated rings. The molecule has 2 saturated heterocycles. The molecule has 2 rings (SSSR count). The molecule has 5 nitrogen and oxygen atoms in total. The van der Waals surface area contributed by atoms with Crippen molar-refractivity contribution in [2.45, 2.75) is 51.9 Å². The average Bonchev–Trinajstić information content (AvgIpc) is 2.45. The highest BCUT2D eigenvalue weighted by Gasteiger charge is 2.33. The predicted octanol–water partition coefficient (Wildman–Crippen LogP) is 1.25. The Bertz CT molecular complexity index is 375. The van der Waals surface area contributed by atoms with Gasteiger partial charge in [0.05, 0.1) is 24.3 Å². The number of carbonyl (C=O) groups is 1. The first-order chi connectivity index (χ1) is 9.51. The number of ether oxygens (including phenoxy) is 1. The fourth-order valence-electron chi connectivity index (χ4n) is 3.23. The summed E-state index contributed by atoms with van der Waals surface area (Å²) in [6.45, 7) is 9.07. The molecule has 0 N–H and O–H groups in total. The van der Waals surface area contributed by atoms with Gasteiger partial charge in [-0.05, 0) is 33.6 Å². The lowest BCUT2D eigenvalue weighted by Crippen LogP contribution is -2.51. The van der Waals surface area contributed by atoms with E-state index in [1.165, 1.54) is 0 Å². The molecule has 5 heteroatoms. The first kappa shape index (κ1) is 15.3. The van der Waals surface area contributed by atoms with Crippen molar-refractivity contribution >= 4 is 5.91 Å². The SMILES string of the molecule is C[C@@H]1CN(C(=O)C2CCN([C@H](C)C#N)CC2)C[C@@H](C)O1. The molecule has 2 aliphatic rings. The Balaban J connectivity index is 1.87. The van der Waals surface area contributed by atoms with Gasteiger partial charge in [-0.3, -0.25) is 9.69 Å². The number of nitrogens with zero attached hydrogens (tertiary/aromatic N) is 3. The summed E-state index contributed by atoms with van der Waals surface area (Å²) < 4.78 is 5.68. The highest BCUT2D eigenvalue weighted by molar-refractivity contribution is 5.79. The van der Waals surface area contributed by atoms with Crippen LogP contribution in [-0.2, 0) is 9.53 Å². The molecular weight excluding hydrogens is 254 g/mol. The maximum Gasteiger partial charge on any atom is 0.225 e. The topological polar surface area (TPSA) is 56.6 Å². The Morgan fingerprint density at radius 1 is 1.25 bits per heavy atom. The van der Waals surface area contributed by atoms with Crippen LogP contribution in [0.15, 0.2) is 0 Å². The van der Waals surface area contributed by atoms with Crippen LogP contribution in [-0.4, -0.2) is 60.1 Å². The van der Waals surface area contributed by atoms with Crippen molar-refractivity contribution < 1.29 is 9.53 Å². The van der Waals surface area contributed by atoms with Crippen LogP contribution < -0.4 is 0 Å². The van der Waals surface area contributed by atoms with E-state index < -0.39 is 0 Å². The van der Waals surface area contributed by atoms with Crippen molar-refractivity contribution in [3.05, 3.63) is 0 Å². The van der Waals surface area contributed by atoms with Crippen LogP contribution >= 0.6 is 0 Å². The van der Waals surface area contributed by atoms with Gasteiger partial charge >= 0.3 is 0 Å². The molecule has 0 saturated carbocycles. The Morgan fingerprint density at radius 3 is 2.30 bits per heavy atom. The maximum absolute atomic E-state index is 12.6. The van der Waals surface area contributed by atoms with Crippen molar-refractivity contribution in [2.24, 2.45) is 5.92 Å². The van der Waals surface area contributed by atoms with Crippen molar-refractivity contribution in [3.8, 4) is 6.07 Å². The van der Waals surface area contributed by atoms with Gasteiger partial charge in [0.2, 0.25) is 5.91 Å². The number of likely N-dealkylation sites (tertiary alicyclic amines) is 1. The van der Waals surface area contributed by atoms with E-state index in [4.69, 9.17) is 10.00 Å². The minimum Gasteiger partial charge on any atom is -0.372 e. The number of carbonyl (C=O) groups excluding carboxylic acids is 1. The Morgan fingerprint density at radius 2 is 1.80 bits per heavy atom. The summed E-state index contributed by atoms with van der Waals surface area (Å²) in [6, 6.07) is 2.22. The van der Waals surface area contributed by atoms with E-state index in [2.05, 4.69) is 11.0 Å². The molecule has 0 aromatic carbocycles. The van der Waals surface area contributed by atoms with Crippen LogP contribution in [0.2, 0.25) is 0 Å². The molecule has 0 aliphatic carbocycles. The highest BCUT2D eigenvalue weighted by atomic mass is 16.5. The van der Waals surface area contributed by atoms with E-state index in [0.717, 1.165) is 25.9 Å². The monoisotopic (exact) mass is 279 g/mol. The smallest absolute Gasteiger partial charge is 0.225 e. The zero-order valence-electron chi connectivity index (χ0n) is 12.7. The largest absolute Gasteiger partial charge is 0.372 e. The number of morpholine rings is 1. The number of rotatable bonds is 2. The van der Waals surface area contributed by atoms with E-state index in [0.29, 0.717) is 13.1 Å². The summed E-state index contributed by atoms with van der Waals surface area (Å²) in [6.07, 6.45) is 1.98. The van der Waals surface area contributed by atoms with Crippen LogP contribution in [0.5, 0.6) is 0 Å². The lowest BCUT2D eigenvalue weighted by Gasteiger charge is -2.39. The number of piperidine rings is 1. The Labute approximate surface area is 121 Å². The van der Waals surface area contributed by atoms with Crippen molar-refractivity contribution in [1.82, 2.24) is 9.80 Å². The second-order valence-electron chi connectivity index (χ2n) is 6.12. The van der Waals surface area contributed by atoms with Crippen molar-refractivity contribution in [1.29, 1.82) is 5.26 Å². The average molecular weight is 279 g/mol. The fourth-order valence-corrected chi connectivity index (χ4v) is 3.23. The fraction of sp³-hybridized carbons (Fsp3) is 0.867. The Hall–Kier alpha value is -1.12. The van der Waals surface area contributed by atoms with E-state index in [1.54, 1.807) is 0 Å². The summed E-state index contributed by atoms with van der Waals surface area (Å²) in [5.41, 5.74) is 0. The minimum atomic E-state index is -0.0468. The summed E-state index contributed by atoms with van der Waals surface area (Å²) in [5.74, 6) is 0.394. The molecule has 0 spiro atoms.